The van der Waals surface area contributed by atoms with Gasteiger partial charge in [-0.05, 0) is 0 Å². The van der Waals surface area contributed by atoms with E-state index < -0.39 is 5.54 Å². The highest BCUT2D eigenvalue weighted by Gasteiger charge is 2.71. The second kappa shape index (κ2) is 2.22. The first-order chi connectivity index (χ1) is 5.35. The first-order valence-corrected chi connectivity index (χ1v) is 4.03. The summed E-state index contributed by atoms with van der Waals surface area (Å²) in [6.07, 6.45) is 0.634. The highest BCUT2D eigenvalue weighted by Crippen LogP contribution is 2.57. The van der Waals surface area contributed by atoms with Gasteiger partial charge in [0.1, 0.15) is 5.92 Å². The topological polar surface area (TPSA) is 47.5 Å². The van der Waals surface area contributed by atoms with Crippen LogP contribution < -0.4 is 5.73 Å². The van der Waals surface area contributed by atoms with E-state index in [1.165, 1.54) is 0 Å². The van der Waals surface area contributed by atoms with Crippen molar-refractivity contribution >= 4 is 5.91 Å². The van der Waals surface area contributed by atoms with Gasteiger partial charge in [0.25, 0.3) is 0 Å². The molecule has 0 saturated heterocycles. The van der Waals surface area contributed by atoms with Crippen molar-refractivity contribution in [2.45, 2.75) is 32.7 Å². The SMILES string of the molecule is [C-]#[N+][C@@]1(C(C)(C)C)C[C@H]1C(N)=O. The summed E-state index contributed by atoms with van der Waals surface area (Å²) in [7, 11) is 0. The molecule has 3 nitrogen and oxygen atoms in total. The van der Waals surface area contributed by atoms with Gasteiger partial charge in [-0.2, -0.15) is 0 Å². The van der Waals surface area contributed by atoms with Gasteiger partial charge in [-0.25, -0.2) is 6.57 Å². The molecule has 0 heterocycles. The highest BCUT2D eigenvalue weighted by atomic mass is 16.1. The fourth-order valence-corrected chi connectivity index (χ4v) is 1.71. The minimum absolute atomic E-state index is 0.144. The summed E-state index contributed by atoms with van der Waals surface area (Å²) >= 11 is 0. The monoisotopic (exact) mass is 166 g/mol. The van der Waals surface area contributed by atoms with E-state index in [2.05, 4.69) is 4.85 Å². The first-order valence-electron chi connectivity index (χ1n) is 4.03. The molecule has 0 aliphatic heterocycles. The summed E-state index contributed by atoms with van der Waals surface area (Å²) in [5.41, 5.74) is 4.50. The van der Waals surface area contributed by atoms with Crippen molar-refractivity contribution in [3.63, 3.8) is 0 Å². The molecule has 2 atom stereocenters. The summed E-state index contributed by atoms with van der Waals surface area (Å²) in [5, 5.41) is 0. The van der Waals surface area contributed by atoms with Crippen molar-refractivity contribution in [3.05, 3.63) is 11.4 Å². The van der Waals surface area contributed by atoms with Crippen LogP contribution in [-0.4, -0.2) is 11.4 Å². The molecule has 0 unspecified atom stereocenters. The number of nitrogens with zero attached hydrogens (tertiary/aromatic N) is 1. The molecule has 3 heteroatoms. The number of hydrogen-bond acceptors (Lipinski definition) is 1. The van der Waals surface area contributed by atoms with Crippen LogP contribution in [0.25, 0.3) is 4.85 Å². The van der Waals surface area contributed by atoms with Gasteiger partial charge in [0, 0.05) is 11.8 Å². The van der Waals surface area contributed by atoms with E-state index in [0.29, 0.717) is 6.42 Å². The quantitative estimate of drug-likeness (QED) is 0.584. The van der Waals surface area contributed by atoms with Gasteiger partial charge in [-0.3, -0.25) is 4.79 Å². The van der Waals surface area contributed by atoms with Crippen LogP contribution in [0.15, 0.2) is 0 Å². The Balaban J connectivity index is 2.88. The van der Waals surface area contributed by atoms with Crippen LogP contribution in [0.3, 0.4) is 0 Å². The lowest BCUT2D eigenvalue weighted by Gasteiger charge is -2.20. The number of nitrogens with two attached hydrogens (primary N) is 1. The van der Waals surface area contributed by atoms with E-state index >= 15 is 0 Å². The second-order valence-electron chi connectivity index (χ2n) is 4.45. The maximum atomic E-state index is 10.9. The molecule has 1 rings (SSSR count). The molecule has 2 N–H and O–H groups in total. The molecule has 0 aromatic carbocycles. The van der Waals surface area contributed by atoms with Crippen molar-refractivity contribution in [1.82, 2.24) is 0 Å². The summed E-state index contributed by atoms with van der Waals surface area (Å²) < 4.78 is 0. The number of carbonyl (C=O) groups is 1. The van der Waals surface area contributed by atoms with Gasteiger partial charge < -0.3 is 10.6 Å². The minimum Gasteiger partial charge on any atom is -0.369 e. The summed E-state index contributed by atoms with van der Waals surface area (Å²) in [6.45, 7) is 13.0. The maximum Gasteiger partial charge on any atom is 0.250 e. The van der Waals surface area contributed by atoms with E-state index in [4.69, 9.17) is 12.3 Å². The van der Waals surface area contributed by atoms with Crippen molar-refractivity contribution < 1.29 is 4.79 Å². The van der Waals surface area contributed by atoms with E-state index in [-0.39, 0.29) is 17.2 Å². The molecule has 12 heavy (non-hydrogen) atoms. The Bertz CT molecular complexity index is 259. The smallest absolute Gasteiger partial charge is 0.250 e. The lowest BCUT2D eigenvalue weighted by Crippen LogP contribution is -2.31. The number of hydrogen-bond donors (Lipinski definition) is 1. The average Bonchev–Trinajstić information content (AvgIpc) is 2.59. The molecule has 0 aromatic heterocycles. The predicted molar refractivity (Wildman–Crippen MR) is 46.1 cm³/mol. The fourth-order valence-electron chi connectivity index (χ4n) is 1.71. The third kappa shape index (κ3) is 0.989. The van der Waals surface area contributed by atoms with Gasteiger partial charge in [0.05, 0.1) is 0 Å². The van der Waals surface area contributed by atoms with Crippen LogP contribution in [-0.2, 0) is 4.79 Å². The molecular formula is C9H14N2O. The molecular weight excluding hydrogens is 152 g/mol. The molecule has 1 aliphatic carbocycles. The predicted octanol–water partition coefficient (Wildman–Crippen LogP) is 1.20. The normalized spacial score (nSPS) is 34.0. The zero-order chi connectivity index (χ0) is 9.57. The summed E-state index contributed by atoms with van der Waals surface area (Å²) in [4.78, 5) is 14.4. The number of amides is 1. The van der Waals surface area contributed by atoms with E-state index in [1.807, 2.05) is 20.8 Å². The van der Waals surface area contributed by atoms with Gasteiger partial charge in [-0.15, -0.1) is 0 Å². The number of carbonyl (C=O) groups excluding carboxylic acids is 1. The van der Waals surface area contributed by atoms with E-state index in [1.54, 1.807) is 0 Å². The standard InChI is InChI=1S/C9H14N2O/c1-8(2,3)9(11-4)5-6(9)7(10)12/h6H,5H2,1-3H3,(H2,10,12)/t6-,9-/m0/s1. The Kier molecular flexibility index (Phi) is 1.68. The molecule has 0 spiro atoms. The van der Waals surface area contributed by atoms with Crippen LogP contribution in [0.1, 0.15) is 27.2 Å². The average molecular weight is 166 g/mol. The molecule has 66 valence electrons. The first kappa shape index (κ1) is 9.05. The van der Waals surface area contributed by atoms with Crippen molar-refractivity contribution in [2.24, 2.45) is 17.1 Å². The zero-order valence-corrected chi connectivity index (χ0v) is 7.72. The Labute approximate surface area is 72.8 Å². The van der Waals surface area contributed by atoms with Crippen LogP contribution in [0.2, 0.25) is 0 Å². The Hall–Kier alpha value is -1.04. The highest BCUT2D eigenvalue weighted by molar-refractivity contribution is 5.83. The van der Waals surface area contributed by atoms with Gasteiger partial charge in [0.15, 0.2) is 0 Å². The van der Waals surface area contributed by atoms with Crippen molar-refractivity contribution in [1.29, 1.82) is 0 Å². The van der Waals surface area contributed by atoms with E-state index in [9.17, 15) is 4.79 Å². The molecule has 1 amide bonds. The van der Waals surface area contributed by atoms with Gasteiger partial charge in [-0.1, -0.05) is 20.8 Å². The third-order valence-electron chi connectivity index (χ3n) is 2.77. The molecule has 1 aliphatic rings. The summed E-state index contributed by atoms with van der Waals surface area (Å²) in [5.74, 6) is -0.559. The fraction of sp³-hybridized carbons (Fsp3) is 0.778. The zero-order valence-electron chi connectivity index (χ0n) is 7.72. The Morgan fingerprint density at radius 1 is 1.67 bits per heavy atom. The van der Waals surface area contributed by atoms with Crippen molar-refractivity contribution in [2.75, 3.05) is 0 Å². The molecule has 1 fully saturated rings. The van der Waals surface area contributed by atoms with Crippen molar-refractivity contribution in [3.8, 4) is 0 Å². The van der Waals surface area contributed by atoms with Gasteiger partial charge >= 0.3 is 0 Å². The number of rotatable bonds is 1. The molecule has 0 bridgehead atoms. The second-order valence-corrected chi connectivity index (χ2v) is 4.45. The lowest BCUT2D eigenvalue weighted by atomic mass is 9.83. The third-order valence-corrected chi connectivity index (χ3v) is 2.77. The molecule has 0 aromatic rings. The van der Waals surface area contributed by atoms with Crippen LogP contribution in [0.4, 0.5) is 0 Å². The van der Waals surface area contributed by atoms with Gasteiger partial charge in [0.2, 0.25) is 11.4 Å². The lowest BCUT2D eigenvalue weighted by molar-refractivity contribution is -0.119. The van der Waals surface area contributed by atoms with E-state index in [0.717, 1.165) is 0 Å². The maximum absolute atomic E-state index is 10.9. The number of primary amides is 1. The Morgan fingerprint density at radius 3 is 2.25 bits per heavy atom. The largest absolute Gasteiger partial charge is 0.369 e. The van der Waals surface area contributed by atoms with Crippen LogP contribution >= 0.6 is 0 Å². The van der Waals surface area contributed by atoms with Crippen LogP contribution in [0, 0.1) is 17.9 Å². The molecule has 1 saturated carbocycles. The summed E-state index contributed by atoms with van der Waals surface area (Å²) in [6, 6.07) is 0. The molecule has 0 radical (unpaired) electrons. The Morgan fingerprint density at radius 2 is 2.17 bits per heavy atom. The van der Waals surface area contributed by atoms with Crippen LogP contribution in [0.5, 0.6) is 0 Å². The minimum atomic E-state index is -0.515.